The first-order chi connectivity index (χ1) is 16.9. The number of nitrogens with zero attached hydrogens (tertiary/aromatic N) is 2. The van der Waals surface area contributed by atoms with Crippen molar-refractivity contribution in [3.63, 3.8) is 0 Å². The number of anilines is 1. The van der Waals surface area contributed by atoms with E-state index >= 15 is 0 Å². The van der Waals surface area contributed by atoms with Gasteiger partial charge in [-0.05, 0) is 75.0 Å². The number of rotatable bonds is 5. The zero-order valence-electron chi connectivity index (χ0n) is 21.9. The maximum Gasteiger partial charge on any atom is 0.326 e. The van der Waals surface area contributed by atoms with Crippen molar-refractivity contribution >= 4 is 39.1 Å². The molecule has 1 aliphatic carbocycles. The number of benzene rings is 1. The van der Waals surface area contributed by atoms with Gasteiger partial charge in [0.05, 0.1) is 16.6 Å². The summed E-state index contributed by atoms with van der Waals surface area (Å²) in [4.78, 5) is 44.1. The fourth-order valence-corrected chi connectivity index (χ4v) is 6.06. The second kappa shape index (κ2) is 10.2. The normalized spacial score (nSPS) is 18.3. The second-order valence-corrected chi connectivity index (χ2v) is 12.0. The number of fused-ring (bicyclic) bond motifs is 1. The van der Waals surface area contributed by atoms with Gasteiger partial charge in [-0.15, -0.1) is 11.3 Å². The van der Waals surface area contributed by atoms with Gasteiger partial charge in [-0.2, -0.15) is 0 Å². The molecule has 0 saturated heterocycles. The lowest BCUT2D eigenvalue weighted by Gasteiger charge is -2.36. The fraction of sp³-hybridized carbons (Fsp3) is 0.500. The summed E-state index contributed by atoms with van der Waals surface area (Å²) in [5.74, 6) is -0.0820. The Morgan fingerprint density at radius 1 is 1.14 bits per heavy atom. The molecule has 0 aliphatic heterocycles. The Morgan fingerprint density at radius 2 is 1.83 bits per heavy atom. The average Bonchev–Trinajstić information content (AvgIpc) is 3.14. The van der Waals surface area contributed by atoms with E-state index < -0.39 is 5.97 Å². The number of ether oxygens (including phenoxy) is 1. The van der Waals surface area contributed by atoms with E-state index in [0.717, 1.165) is 42.5 Å². The highest BCUT2D eigenvalue weighted by Crippen LogP contribution is 2.38. The number of aromatic nitrogens is 2. The first kappa shape index (κ1) is 26.1. The first-order valence-electron chi connectivity index (χ1n) is 12.5. The molecule has 8 heteroatoms. The predicted molar refractivity (Wildman–Crippen MR) is 144 cm³/mol. The molecular formula is C28H35N3O4S. The smallest absolute Gasteiger partial charge is 0.326 e. The molecule has 0 radical (unpaired) electrons. The number of esters is 1. The van der Waals surface area contributed by atoms with Crippen molar-refractivity contribution in [2.24, 2.45) is 11.3 Å². The number of aryl methyl sites for hydroxylation is 3. The summed E-state index contributed by atoms with van der Waals surface area (Å²) in [7, 11) is 0. The molecular weight excluding hydrogens is 474 g/mol. The maximum absolute atomic E-state index is 13.2. The van der Waals surface area contributed by atoms with Crippen molar-refractivity contribution in [2.45, 2.75) is 79.9 Å². The standard InChI is InChI=1S/C28H35N3O4S/c1-16-7-12-21(17(2)13-16)30-25(33)24-18(3)23-26(36-24)29-15-31(27(23)34)14-22(32)35-20-10-8-19(9-11-20)28(4,5)6/h7,12-13,15,19-20H,8-11,14H2,1-6H3,(H,30,33). The molecule has 1 amide bonds. The third-order valence-electron chi connectivity index (χ3n) is 7.25. The van der Waals surface area contributed by atoms with E-state index in [9.17, 15) is 14.4 Å². The quantitative estimate of drug-likeness (QED) is 0.440. The maximum atomic E-state index is 13.2. The zero-order chi connectivity index (χ0) is 26.2. The van der Waals surface area contributed by atoms with Crippen molar-refractivity contribution in [3.8, 4) is 0 Å². The van der Waals surface area contributed by atoms with Crippen LogP contribution in [0, 0.1) is 32.1 Å². The minimum absolute atomic E-state index is 0.105. The molecule has 1 N–H and O–H groups in total. The van der Waals surface area contributed by atoms with Gasteiger partial charge in [0.15, 0.2) is 0 Å². The third kappa shape index (κ3) is 5.53. The second-order valence-electron chi connectivity index (χ2n) is 11.0. The highest BCUT2D eigenvalue weighted by Gasteiger charge is 2.31. The Balaban J connectivity index is 1.47. The van der Waals surface area contributed by atoms with Gasteiger partial charge in [-0.3, -0.25) is 19.0 Å². The monoisotopic (exact) mass is 509 g/mol. The summed E-state index contributed by atoms with van der Waals surface area (Å²) in [5.41, 5.74) is 3.30. The molecule has 0 unspecified atom stereocenters. The molecule has 7 nitrogen and oxygen atoms in total. The third-order valence-corrected chi connectivity index (χ3v) is 8.45. The summed E-state index contributed by atoms with van der Waals surface area (Å²) in [6, 6.07) is 5.82. The van der Waals surface area contributed by atoms with E-state index in [4.69, 9.17) is 4.74 Å². The Labute approximate surface area is 215 Å². The van der Waals surface area contributed by atoms with Crippen LogP contribution in [0.3, 0.4) is 0 Å². The lowest BCUT2D eigenvalue weighted by molar-refractivity contribution is -0.152. The predicted octanol–water partition coefficient (Wildman–Crippen LogP) is 5.78. The molecule has 4 rings (SSSR count). The average molecular weight is 510 g/mol. The number of thiophene rings is 1. The van der Waals surface area contributed by atoms with Gasteiger partial charge >= 0.3 is 5.97 Å². The van der Waals surface area contributed by atoms with Crippen LogP contribution in [0.15, 0.2) is 29.3 Å². The van der Waals surface area contributed by atoms with Crippen LogP contribution < -0.4 is 10.9 Å². The number of carbonyl (C=O) groups excluding carboxylic acids is 2. The topological polar surface area (TPSA) is 90.3 Å². The van der Waals surface area contributed by atoms with E-state index in [0.29, 0.717) is 26.6 Å². The molecule has 1 aliphatic rings. The summed E-state index contributed by atoms with van der Waals surface area (Å²) in [6.07, 6.45) is 5.04. The van der Waals surface area contributed by atoms with Crippen LogP contribution in [0.4, 0.5) is 5.69 Å². The van der Waals surface area contributed by atoms with E-state index in [1.807, 2.05) is 32.0 Å². The minimum Gasteiger partial charge on any atom is -0.461 e. The molecule has 192 valence electrons. The zero-order valence-corrected chi connectivity index (χ0v) is 22.8. The van der Waals surface area contributed by atoms with E-state index in [1.165, 1.54) is 22.2 Å². The molecule has 0 bridgehead atoms. The van der Waals surface area contributed by atoms with Crippen molar-refractivity contribution in [1.29, 1.82) is 0 Å². The Kier molecular flexibility index (Phi) is 7.36. The Bertz CT molecular complexity index is 1360. The largest absolute Gasteiger partial charge is 0.461 e. The van der Waals surface area contributed by atoms with Crippen LogP contribution in [0.2, 0.25) is 0 Å². The molecule has 3 aromatic rings. The van der Waals surface area contributed by atoms with Gasteiger partial charge in [0.2, 0.25) is 0 Å². The van der Waals surface area contributed by atoms with Crippen LogP contribution in [-0.2, 0) is 16.1 Å². The Hall–Kier alpha value is -3.00. The number of nitrogens with one attached hydrogen (secondary N) is 1. The Morgan fingerprint density at radius 3 is 2.47 bits per heavy atom. The molecule has 1 aromatic carbocycles. The van der Waals surface area contributed by atoms with Gasteiger partial charge in [0.25, 0.3) is 11.5 Å². The van der Waals surface area contributed by atoms with E-state index in [1.54, 1.807) is 6.92 Å². The first-order valence-corrected chi connectivity index (χ1v) is 13.3. The molecule has 0 spiro atoms. The highest BCUT2D eigenvalue weighted by molar-refractivity contribution is 7.20. The number of hydrogen-bond donors (Lipinski definition) is 1. The van der Waals surface area contributed by atoms with E-state index in [2.05, 4.69) is 31.1 Å². The van der Waals surface area contributed by atoms with Gasteiger partial charge in [0, 0.05) is 5.69 Å². The molecule has 0 atom stereocenters. The van der Waals surface area contributed by atoms with Gasteiger partial charge in [-0.1, -0.05) is 38.5 Å². The molecule has 36 heavy (non-hydrogen) atoms. The molecule has 1 fully saturated rings. The van der Waals surface area contributed by atoms with Crippen molar-refractivity contribution in [1.82, 2.24) is 9.55 Å². The molecule has 2 heterocycles. The SMILES string of the molecule is Cc1ccc(NC(=O)c2sc3ncn(CC(=O)OC4CCC(C(C)(C)C)CC4)c(=O)c3c2C)c(C)c1. The molecule has 2 aromatic heterocycles. The van der Waals surface area contributed by atoms with Crippen LogP contribution in [0.25, 0.3) is 10.2 Å². The van der Waals surface area contributed by atoms with Crippen LogP contribution in [0.5, 0.6) is 0 Å². The van der Waals surface area contributed by atoms with Crippen LogP contribution in [0.1, 0.15) is 72.8 Å². The lowest BCUT2D eigenvalue weighted by Crippen LogP contribution is -2.32. The van der Waals surface area contributed by atoms with Crippen LogP contribution in [-0.4, -0.2) is 27.5 Å². The number of hydrogen-bond acceptors (Lipinski definition) is 6. The summed E-state index contributed by atoms with van der Waals surface area (Å²) in [6.45, 7) is 12.3. The lowest BCUT2D eigenvalue weighted by atomic mass is 9.72. The number of amides is 1. The van der Waals surface area contributed by atoms with Crippen molar-refractivity contribution in [2.75, 3.05) is 5.32 Å². The van der Waals surface area contributed by atoms with E-state index in [-0.39, 0.29) is 29.5 Å². The summed E-state index contributed by atoms with van der Waals surface area (Å²) in [5, 5.41) is 3.31. The minimum atomic E-state index is -0.432. The van der Waals surface area contributed by atoms with Gasteiger partial charge in [-0.25, -0.2) is 4.98 Å². The van der Waals surface area contributed by atoms with Crippen molar-refractivity contribution in [3.05, 3.63) is 56.4 Å². The summed E-state index contributed by atoms with van der Waals surface area (Å²) < 4.78 is 6.97. The highest BCUT2D eigenvalue weighted by atomic mass is 32.1. The van der Waals surface area contributed by atoms with Gasteiger partial charge in [0.1, 0.15) is 17.5 Å². The van der Waals surface area contributed by atoms with Crippen molar-refractivity contribution < 1.29 is 14.3 Å². The van der Waals surface area contributed by atoms with Crippen LogP contribution >= 0.6 is 11.3 Å². The fourth-order valence-electron chi connectivity index (χ4n) is 5.03. The number of carbonyl (C=O) groups is 2. The molecule has 1 saturated carbocycles. The summed E-state index contributed by atoms with van der Waals surface area (Å²) >= 11 is 1.18. The van der Waals surface area contributed by atoms with Gasteiger partial charge < -0.3 is 10.1 Å².